The second-order valence-electron chi connectivity index (χ2n) is 7.08. The summed E-state index contributed by atoms with van der Waals surface area (Å²) in [6.07, 6.45) is 7.83. The Morgan fingerprint density at radius 2 is 1.41 bits per heavy atom. The van der Waals surface area contributed by atoms with Crippen LogP contribution < -0.4 is 0 Å². The third kappa shape index (κ3) is 3.82. The van der Waals surface area contributed by atoms with Crippen LogP contribution in [0.15, 0.2) is 0 Å². The van der Waals surface area contributed by atoms with E-state index in [1.807, 2.05) is 0 Å². The first-order valence-corrected chi connectivity index (χ1v) is 10.6. The molecule has 6 heteroatoms. The largest absolute Gasteiger partial charge is 0.342 e. The smallest absolute Gasteiger partial charge is 0.225 e. The summed E-state index contributed by atoms with van der Waals surface area (Å²) in [5, 5.41) is 0. The molecule has 0 aromatic carbocycles. The maximum Gasteiger partial charge on any atom is 0.225 e. The molecule has 3 aliphatic rings. The third-order valence-electron chi connectivity index (χ3n) is 5.63. The highest BCUT2D eigenvalue weighted by molar-refractivity contribution is 7.91. The molecule has 0 atom stereocenters. The lowest BCUT2D eigenvalue weighted by Gasteiger charge is -2.41. The van der Waals surface area contributed by atoms with Crippen LogP contribution in [-0.4, -0.2) is 67.9 Å². The number of hydrogen-bond acceptors (Lipinski definition) is 4. The quantitative estimate of drug-likeness (QED) is 0.766. The van der Waals surface area contributed by atoms with Crippen molar-refractivity contribution in [3.63, 3.8) is 0 Å². The molecule has 0 bridgehead atoms. The van der Waals surface area contributed by atoms with Crippen LogP contribution in [0.2, 0.25) is 0 Å². The van der Waals surface area contributed by atoms with Crippen LogP contribution in [0.25, 0.3) is 0 Å². The highest BCUT2D eigenvalue weighted by Crippen LogP contribution is 2.27. The minimum absolute atomic E-state index is 0.269. The predicted molar refractivity (Wildman–Crippen MR) is 86.4 cm³/mol. The van der Waals surface area contributed by atoms with Gasteiger partial charge in [0.25, 0.3) is 0 Å². The van der Waals surface area contributed by atoms with E-state index >= 15 is 0 Å². The summed E-state index contributed by atoms with van der Waals surface area (Å²) in [7, 11) is -2.80. The second kappa shape index (κ2) is 6.87. The first-order valence-electron chi connectivity index (χ1n) is 8.78. The van der Waals surface area contributed by atoms with E-state index in [9.17, 15) is 13.2 Å². The topological polar surface area (TPSA) is 57.7 Å². The number of amides is 1. The molecule has 3 fully saturated rings. The summed E-state index contributed by atoms with van der Waals surface area (Å²) in [6, 6.07) is 0.464. The van der Waals surface area contributed by atoms with E-state index in [0.717, 1.165) is 38.8 Å². The van der Waals surface area contributed by atoms with Crippen molar-refractivity contribution < 1.29 is 13.2 Å². The molecule has 3 rings (SSSR count). The average molecular weight is 328 g/mol. The minimum Gasteiger partial charge on any atom is -0.342 e. The highest BCUT2D eigenvalue weighted by atomic mass is 32.2. The molecule has 1 saturated carbocycles. The van der Waals surface area contributed by atoms with Gasteiger partial charge in [-0.3, -0.25) is 9.69 Å². The van der Waals surface area contributed by atoms with Crippen LogP contribution >= 0.6 is 0 Å². The van der Waals surface area contributed by atoms with E-state index in [0.29, 0.717) is 36.5 Å². The summed E-state index contributed by atoms with van der Waals surface area (Å²) in [5.74, 6) is 1.24. The van der Waals surface area contributed by atoms with Crippen molar-refractivity contribution in [3.05, 3.63) is 0 Å². The zero-order valence-electron chi connectivity index (χ0n) is 13.4. The van der Waals surface area contributed by atoms with E-state index in [4.69, 9.17) is 0 Å². The van der Waals surface area contributed by atoms with Gasteiger partial charge in [0.15, 0.2) is 9.84 Å². The molecule has 0 spiro atoms. The fourth-order valence-electron chi connectivity index (χ4n) is 4.15. The SMILES string of the molecule is O=C(C1CCCCC1)N1CCC(N2CCS(=O)(=O)CC2)CC1. The Balaban J connectivity index is 1.47. The zero-order valence-corrected chi connectivity index (χ0v) is 14.2. The Morgan fingerprint density at radius 1 is 0.818 bits per heavy atom. The minimum atomic E-state index is -2.80. The first-order chi connectivity index (χ1) is 10.6. The summed E-state index contributed by atoms with van der Waals surface area (Å²) < 4.78 is 23.0. The van der Waals surface area contributed by atoms with Crippen LogP contribution in [0.1, 0.15) is 44.9 Å². The summed E-state index contributed by atoms with van der Waals surface area (Å²) in [5.41, 5.74) is 0. The summed E-state index contributed by atoms with van der Waals surface area (Å²) in [6.45, 7) is 3.04. The number of carbonyl (C=O) groups excluding carboxylic acids is 1. The number of rotatable bonds is 2. The maximum atomic E-state index is 12.6. The van der Waals surface area contributed by atoms with Crippen molar-refractivity contribution >= 4 is 15.7 Å². The number of carbonyl (C=O) groups is 1. The number of piperidine rings is 1. The van der Waals surface area contributed by atoms with Gasteiger partial charge in [-0.1, -0.05) is 19.3 Å². The van der Waals surface area contributed by atoms with Crippen LogP contribution in [0.5, 0.6) is 0 Å². The van der Waals surface area contributed by atoms with Gasteiger partial charge in [-0.05, 0) is 25.7 Å². The zero-order chi connectivity index (χ0) is 15.6. The first kappa shape index (κ1) is 16.2. The lowest BCUT2D eigenvalue weighted by Crippen LogP contribution is -2.52. The van der Waals surface area contributed by atoms with Crippen molar-refractivity contribution in [2.45, 2.75) is 51.0 Å². The molecule has 2 heterocycles. The number of likely N-dealkylation sites (tertiary alicyclic amines) is 1. The maximum absolute atomic E-state index is 12.6. The highest BCUT2D eigenvalue weighted by Gasteiger charge is 2.33. The molecule has 2 aliphatic heterocycles. The lowest BCUT2D eigenvalue weighted by molar-refractivity contribution is -0.138. The van der Waals surface area contributed by atoms with Crippen molar-refractivity contribution in [3.8, 4) is 0 Å². The number of hydrogen-bond donors (Lipinski definition) is 0. The van der Waals surface area contributed by atoms with Crippen molar-refractivity contribution in [1.29, 1.82) is 0 Å². The van der Waals surface area contributed by atoms with Gasteiger partial charge in [-0.15, -0.1) is 0 Å². The Hall–Kier alpha value is -0.620. The van der Waals surface area contributed by atoms with Gasteiger partial charge in [0.2, 0.25) is 5.91 Å². The van der Waals surface area contributed by atoms with E-state index in [2.05, 4.69) is 9.80 Å². The molecule has 1 amide bonds. The van der Waals surface area contributed by atoms with Gasteiger partial charge < -0.3 is 4.90 Å². The molecule has 0 aromatic heterocycles. The van der Waals surface area contributed by atoms with Gasteiger partial charge in [0, 0.05) is 38.1 Å². The lowest BCUT2D eigenvalue weighted by atomic mass is 9.87. The Labute approximate surface area is 134 Å². The monoisotopic (exact) mass is 328 g/mol. The van der Waals surface area contributed by atoms with Gasteiger partial charge in [-0.2, -0.15) is 0 Å². The average Bonchev–Trinajstić information content (AvgIpc) is 2.55. The molecule has 2 saturated heterocycles. The number of nitrogens with zero attached hydrogens (tertiary/aromatic N) is 2. The van der Waals surface area contributed by atoms with Gasteiger partial charge >= 0.3 is 0 Å². The molecular weight excluding hydrogens is 300 g/mol. The molecule has 0 aromatic rings. The van der Waals surface area contributed by atoms with Crippen LogP contribution in [0, 0.1) is 5.92 Å². The van der Waals surface area contributed by atoms with Crippen LogP contribution in [0.3, 0.4) is 0 Å². The van der Waals surface area contributed by atoms with Crippen LogP contribution in [-0.2, 0) is 14.6 Å². The normalized spacial score (nSPS) is 28.6. The summed E-state index contributed by atoms with van der Waals surface area (Å²) >= 11 is 0. The van der Waals surface area contributed by atoms with Crippen molar-refractivity contribution in [2.75, 3.05) is 37.7 Å². The molecule has 5 nitrogen and oxygen atoms in total. The summed E-state index contributed by atoms with van der Waals surface area (Å²) in [4.78, 5) is 16.9. The molecule has 1 aliphatic carbocycles. The number of sulfone groups is 1. The Bertz CT molecular complexity index is 478. The molecule has 22 heavy (non-hydrogen) atoms. The molecule has 0 radical (unpaired) electrons. The van der Waals surface area contributed by atoms with Gasteiger partial charge in [0.05, 0.1) is 11.5 Å². The molecular formula is C16H28N2O3S. The van der Waals surface area contributed by atoms with E-state index in [-0.39, 0.29) is 5.92 Å². The molecule has 126 valence electrons. The standard InChI is InChI=1S/C16H28N2O3S/c19-16(14-4-2-1-3-5-14)18-8-6-15(7-9-18)17-10-12-22(20,21)13-11-17/h14-15H,1-13H2. The Morgan fingerprint density at radius 3 is 2.00 bits per heavy atom. The van der Waals surface area contributed by atoms with Crippen LogP contribution in [0.4, 0.5) is 0 Å². The van der Waals surface area contributed by atoms with Crippen molar-refractivity contribution in [1.82, 2.24) is 9.80 Å². The molecule has 0 unspecified atom stereocenters. The van der Waals surface area contributed by atoms with E-state index in [1.54, 1.807) is 0 Å². The van der Waals surface area contributed by atoms with Crippen molar-refractivity contribution in [2.24, 2.45) is 5.92 Å². The third-order valence-corrected chi connectivity index (χ3v) is 7.24. The van der Waals surface area contributed by atoms with Gasteiger partial charge in [0.1, 0.15) is 0 Å². The van der Waals surface area contributed by atoms with Gasteiger partial charge in [-0.25, -0.2) is 8.42 Å². The van der Waals surface area contributed by atoms with E-state index < -0.39 is 9.84 Å². The molecule has 0 N–H and O–H groups in total. The fraction of sp³-hybridized carbons (Fsp3) is 0.938. The second-order valence-corrected chi connectivity index (χ2v) is 9.38. The predicted octanol–water partition coefficient (Wildman–Crippen LogP) is 1.29. The van der Waals surface area contributed by atoms with E-state index in [1.165, 1.54) is 19.3 Å². The Kier molecular flexibility index (Phi) is 5.07. The fourth-order valence-corrected chi connectivity index (χ4v) is 5.38.